The second kappa shape index (κ2) is 10.4. The van der Waals surface area contributed by atoms with Crippen molar-refractivity contribution in [1.29, 1.82) is 0 Å². The first-order valence-electron chi connectivity index (χ1n) is 12.0. The minimum absolute atomic E-state index is 0.201. The Morgan fingerprint density at radius 2 is 1.82 bits per heavy atom. The fourth-order valence-electron chi connectivity index (χ4n) is 4.41. The molecule has 1 N–H and O–H groups in total. The van der Waals surface area contributed by atoms with E-state index in [1.807, 2.05) is 0 Å². The fraction of sp³-hybridized carbons (Fsp3) is 0.360. The summed E-state index contributed by atoms with van der Waals surface area (Å²) < 4.78 is 52.5. The lowest BCUT2D eigenvalue weighted by Crippen LogP contribution is -2.42. The van der Waals surface area contributed by atoms with Gasteiger partial charge in [0, 0.05) is 37.1 Å². The molecule has 1 aliphatic heterocycles. The quantitative estimate of drug-likeness (QED) is 0.360. The van der Waals surface area contributed by atoms with E-state index in [4.69, 9.17) is 0 Å². The van der Waals surface area contributed by atoms with Crippen molar-refractivity contribution in [3.63, 3.8) is 0 Å². The van der Waals surface area contributed by atoms with Crippen LogP contribution in [-0.2, 0) is 12.9 Å². The SMILES string of the molecule is CN(C)C1CCN(c2cc(CF)c(-c3cnc4c(Nc5ccc(C(F)(F)F)cn5)ccnc4n3)nn2)CC1. The summed E-state index contributed by atoms with van der Waals surface area (Å²) in [6, 6.07) is 5.98. The van der Waals surface area contributed by atoms with Gasteiger partial charge in [-0.15, -0.1) is 10.2 Å². The molecule has 0 spiro atoms. The molecule has 0 aliphatic carbocycles. The average Bonchev–Trinajstić information content (AvgIpc) is 2.92. The number of fused-ring (bicyclic) bond motifs is 1. The molecule has 0 amide bonds. The van der Waals surface area contributed by atoms with Crippen molar-refractivity contribution < 1.29 is 17.6 Å². The van der Waals surface area contributed by atoms with Crippen LogP contribution in [0.2, 0.25) is 0 Å². The molecule has 0 unspecified atom stereocenters. The monoisotopic (exact) mass is 527 g/mol. The molecular weight excluding hydrogens is 502 g/mol. The van der Waals surface area contributed by atoms with Crippen molar-refractivity contribution in [3.8, 4) is 11.4 Å². The zero-order chi connectivity index (χ0) is 26.9. The van der Waals surface area contributed by atoms with Gasteiger partial charge >= 0.3 is 6.18 Å². The van der Waals surface area contributed by atoms with E-state index >= 15 is 0 Å². The van der Waals surface area contributed by atoms with Crippen molar-refractivity contribution in [2.45, 2.75) is 31.7 Å². The Morgan fingerprint density at radius 3 is 2.47 bits per heavy atom. The highest BCUT2D eigenvalue weighted by Crippen LogP contribution is 2.31. The zero-order valence-electron chi connectivity index (χ0n) is 20.7. The van der Waals surface area contributed by atoms with E-state index in [-0.39, 0.29) is 17.2 Å². The van der Waals surface area contributed by atoms with Gasteiger partial charge in [0.15, 0.2) is 11.5 Å². The highest BCUT2D eigenvalue weighted by molar-refractivity contribution is 5.87. The Balaban J connectivity index is 1.39. The fourth-order valence-corrected chi connectivity index (χ4v) is 4.41. The van der Waals surface area contributed by atoms with Gasteiger partial charge in [0.1, 0.15) is 29.4 Å². The molecule has 1 fully saturated rings. The summed E-state index contributed by atoms with van der Waals surface area (Å²) in [4.78, 5) is 21.3. The third-order valence-electron chi connectivity index (χ3n) is 6.57. The van der Waals surface area contributed by atoms with Gasteiger partial charge in [0.05, 0.1) is 17.4 Å². The number of pyridine rings is 2. The summed E-state index contributed by atoms with van der Waals surface area (Å²) >= 11 is 0. The van der Waals surface area contributed by atoms with Crippen LogP contribution in [-0.4, -0.2) is 68.3 Å². The predicted octanol–water partition coefficient (Wildman–Crippen LogP) is 4.64. The van der Waals surface area contributed by atoms with Crippen molar-refractivity contribution in [2.24, 2.45) is 0 Å². The molecule has 5 heterocycles. The Kier molecular flexibility index (Phi) is 7.02. The number of hydrogen-bond acceptors (Lipinski definition) is 9. The van der Waals surface area contributed by atoms with Crippen LogP contribution < -0.4 is 10.2 Å². The van der Waals surface area contributed by atoms with Crippen molar-refractivity contribution in [1.82, 2.24) is 35.0 Å². The molecule has 0 atom stereocenters. The number of nitrogens with one attached hydrogen (secondary N) is 1. The lowest BCUT2D eigenvalue weighted by atomic mass is 10.0. The summed E-state index contributed by atoms with van der Waals surface area (Å²) in [7, 11) is 4.14. The number of nitrogens with zero attached hydrogens (tertiary/aromatic N) is 8. The first kappa shape index (κ1) is 25.6. The topological polar surface area (TPSA) is 95.8 Å². The smallest absolute Gasteiger partial charge is 0.355 e. The molecule has 4 aromatic heterocycles. The third-order valence-corrected chi connectivity index (χ3v) is 6.57. The Labute approximate surface area is 216 Å². The second-order valence-corrected chi connectivity index (χ2v) is 9.23. The van der Waals surface area contributed by atoms with Gasteiger partial charge < -0.3 is 15.1 Å². The van der Waals surface area contributed by atoms with Crippen LogP contribution in [0.25, 0.3) is 22.6 Å². The van der Waals surface area contributed by atoms with Crippen molar-refractivity contribution in [3.05, 3.63) is 54.0 Å². The van der Waals surface area contributed by atoms with E-state index in [9.17, 15) is 17.6 Å². The number of hydrogen-bond donors (Lipinski definition) is 1. The van der Waals surface area contributed by atoms with Crippen LogP contribution >= 0.6 is 0 Å². The molecule has 0 radical (unpaired) electrons. The molecule has 198 valence electrons. The molecule has 0 aromatic carbocycles. The highest BCUT2D eigenvalue weighted by Gasteiger charge is 2.30. The molecule has 0 saturated carbocycles. The van der Waals surface area contributed by atoms with E-state index in [2.05, 4.69) is 59.3 Å². The Bertz CT molecular complexity index is 1420. The maximum absolute atomic E-state index is 14.1. The standard InChI is InChI=1S/C25H25F4N9/c1-37(2)17-6-9-38(10-7-17)21-11-15(12-26)22(36-35-21)19-14-32-23-18(5-8-30-24(23)34-19)33-20-4-3-16(13-31-20)25(27,28)29/h3-5,8,11,13-14,17H,6-7,9-10,12H2,1-2H3,(H,30,31,33,34). The first-order valence-corrected chi connectivity index (χ1v) is 12.0. The highest BCUT2D eigenvalue weighted by atomic mass is 19.4. The Morgan fingerprint density at radius 1 is 1.03 bits per heavy atom. The van der Waals surface area contributed by atoms with Gasteiger partial charge in [-0.25, -0.2) is 24.3 Å². The van der Waals surface area contributed by atoms with Crippen molar-refractivity contribution >= 4 is 28.5 Å². The lowest BCUT2D eigenvalue weighted by Gasteiger charge is -2.35. The number of piperidine rings is 1. The van der Waals surface area contributed by atoms with Crippen LogP contribution in [0.15, 0.2) is 42.9 Å². The maximum Gasteiger partial charge on any atom is 0.417 e. The third kappa shape index (κ3) is 5.32. The maximum atomic E-state index is 14.1. The van der Waals surface area contributed by atoms with Crippen LogP contribution in [0, 0.1) is 0 Å². The molecule has 9 nitrogen and oxygen atoms in total. The summed E-state index contributed by atoms with van der Waals surface area (Å²) in [6.45, 7) is 0.873. The largest absolute Gasteiger partial charge is 0.417 e. The van der Waals surface area contributed by atoms with Crippen LogP contribution in [0.3, 0.4) is 0 Å². The van der Waals surface area contributed by atoms with Gasteiger partial charge in [-0.2, -0.15) is 13.2 Å². The molecular formula is C25H25F4N9. The number of halogens is 4. The van der Waals surface area contributed by atoms with Gasteiger partial charge in [-0.1, -0.05) is 0 Å². The molecule has 1 saturated heterocycles. The molecule has 13 heteroatoms. The van der Waals surface area contributed by atoms with Crippen LogP contribution in [0.1, 0.15) is 24.0 Å². The lowest BCUT2D eigenvalue weighted by molar-refractivity contribution is -0.137. The molecule has 0 bridgehead atoms. The molecule has 4 aromatic rings. The van der Waals surface area contributed by atoms with Gasteiger partial charge in [-0.05, 0) is 51.2 Å². The average molecular weight is 528 g/mol. The number of rotatable bonds is 6. The second-order valence-electron chi connectivity index (χ2n) is 9.23. The minimum Gasteiger partial charge on any atom is -0.355 e. The van der Waals surface area contributed by atoms with E-state index < -0.39 is 18.4 Å². The van der Waals surface area contributed by atoms with E-state index in [0.717, 1.165) is 38.2 Å². The number of anilines is 3. The van der Waals surface area contributed by atoms with Crippen LogP contribution in [0.4, 0.5) is 34.9 Å². The normalized spacial score (nSPS) is 14.9. The first-order chi connectivity index (χ1) is 18.2. The summed E-state index contributed by atoms with van der Waals surface area (Å²) in [5.41, 5.74) is 1.16. The molecule has 38 heavy (non-hydrogen) atoms. The summed E-state index contributed by atoms with van der Waals surface area (Å²) in [6.07, 6.45) is 1.18. The number of aromatic nitrogens is 6. The van der Waals surface area contributed by atoms with E-state index in [1.54, 1.807) is 12.1 Å². The summed E-state index contributed by atoms with van der Waals surface area (Å²) in [5, 5.41) is 11.6. The summed E-state index contributed by atoms with van der Waals surface area (Å²) in [5.74, 6) is 0.827. The molecule has 5 rings (SSSR count). The predicted molar refractivity (Wildman–Crippen MR) is 135 cm³/mol. The van der Waals surface area contributed by atoms with Gasteiger partial charge in [0.2, 0.25) is 0 Å². The Hall–Kier alpha value is -4.00. The van der Waals surface area contributed by atoms with Crippen LogP contribution in [0.5, 0.6) is 0 Å². The molecule has 1 aliphatic rings. The van der Waals surface area contributed by atoms with Gasteiger partial charge in [0.25, 0.3) is 0 Å². The van der Waals surface area contributed by atoms with Crippen molar-refractivity contribution in [2.75, 3.05) is 37.4 Å². The minimum atomic E-state index is -4.47. The zero-order valence-corrected chi connectivity index (χ0v) is 20.7. The van der Waals surface area contributed by atoms with Gasteiger partial charge in [-0.3, -0.25) is 0 Å². The number of alkyl halides is 4. The van der Waals surface area contributed by atoms with E-state index in [0.29, 0.717) is 34.3 Å². The van der Waals surface area contributed by atoms with E-state index in [1.165, 1.54) is 18.5 Å².